The van der Waals surface area contributed by atoms with Crippen LogP contribution >= 0.6 is 0 Å². The highest BCUT2D eigenvalue weighted by atomic mass is 32.2. The van der Waals surface area contributed by atoms with Crippen molar-refractivity contribution in [2.75, 3.05) is 17.1 Å². The number of halogens is 1. The number of benzene rings is 3. The molecule has 2 atom stereocenters. The molecule has 3 aromatic carbocycles. The molecule has 3 aromatic rings. The van der Waals surface area contributed by atoms with Gasteiger partial charge >= 0.3 is 0 Å². The summed E-state index contributed by atoms with van der Waals surface area (Å²) in [7, 11) is -3.62. The van der Waals surface area contributed by atoms with Crippen molar-refractivity contribution in [1.29, 1.82) is 0 Å². The zero-order valence-electron chi connectivity index (χ0n) is 25.1. The Morgan fingerprint density at radius 3 is 2.29 bits per heavy atom. The number of amides is 2. The lowest BCUT2D eigenvalue weighted by Crippen LogP contribution is -2.52. The van der Waals surface area contributed by atoms with Crippen LogP contribution in [0.1, 0.15) is 55.4 Å². The molecule has 0 bridgehead atoms. The summed E-state index contributed by atoms with van der Waals surface area (Å²) in [5, 5.41) is 3.00. The van der Waals surface area contributed by atoms with Gasteiger partial charge in [0, 0.05) is 37.5 Å². The monoisotopic (exact) mass is 595 g/mol. The van der Waals surface area contributed by atoms with Gasteiger partial charge in [0.15, 0.2) is 0 Å². The van der Waals surface area contributed by atoms with Gasteiger partial charge < -0.3 is 10.2 Å². The Morgan fingerprint density at radius 1 is 0.976 bits per heavy atom. The van der Waals surface area contributed by atoms with Crippen LogP contribution in [0.3, 0.4) is 0 Å². The second-order valence-electron chi connectivity index (χ2n) is 10.9. The molecule has 226 valence electrons. The highest BCUT2D eigenvalue weighted by Gasteiger charge is 2.31. The average molecular weight is 596 g/mol. The van der Waals surface area contributed by atoms with Gasteiger partial charge in [-0.3, -0.25) is 13.9 Å². The zero-order chi connectivity index (χ0) is 30.9. The van der Waals surface area contributed by atoms with E-state index in [9.17, 15) is 22.4 Å². The number of hydrogen-bond acceptors (Lipinski definition) is 4. The number of rotatable bonds is 14. The van der Waals surface area contributed by atoms with Crippen molar-refractivity contribution in [3.8, 4) is 0 Å². The molecule has 0 aromatic heterocycles. The molecule has 1 N–H and O–H groups in total. The molecule has 42 heavy (non-hydrogen) atoms. The van der Waals surface area contributed by atoms with Crippen molar-refractivity contribution < 1.29 is 22.4 Å². The third-order valence-electron chi connectivity index (χ3n) is 7.36. The molecule has 9 heteroatoms. The van der Waals surface area contributed by atoms with E-state index < -0.39 is 21.9 Å². The van der Waals surface area contributed by atoms with Crippen LogP contribution in [0.15, 0.2) is 72.8 Å². The molecule has 0 spiro atoms. The summed E-state index contributed by atoms with van der Waals surface area (Å²) < 4.78 is 41.6. The van der Waals surface area contributed by atoms with Crippen LogP contribution in [0.2, 0.25) is 0 Å². The third-order valence-corrected chi connectivity index (χ3v) is 8.54. The van der Waals surface area contributed by atoms with E-state index in [0.717, 1.165) is 22.9 Å². The van der Waals surface area contributed by atoms with Crippen molar-refractivity contribution >= 4 is 27.5 Å². The molecular formula is C33H42FN3O4S. The van der Waals surface area contributed by atoms with E-state index in [4.69, 9.17) is 0 Å². The number of carbonyl (C=O) groups excluding carboxylic acids is 2. The van der Waals surface area contributed by atoms with Crippen LogP contribution in [0, 0.1) is 19.7 Å². The summed E-state index contributed by atoms with van der Waals surface area (Å²) in [6.07, 6.45) is 2.31. The number of sulfonamides is 1. The highest BCUT2D eigenvalue weighted by molar-refractivity contribution is 7.92. The Kier molecular flexibility index (Phi) is 11.7. The molecule has 0 heterocycles. The van der Waals surface area contributed by atoms with Gasteiger partial charge in [-0.2, -0.15) is 0 Å². The first-order valence-electron chi connectivity index (χ1n) is 14.3. The quantitative estimate of drug-likeness (QED) is 0.265. The summed E-state index contributed by atoms with van der Waals surface area (Å²) in [6, 6.07) is 20.2. The summed E-state index contributed by atoms with van der Waals surface area (Å²) >= 11 is 0. The number of carbonyl (C=O) groups is 2. The molecular weight excluding hydrogens is 553 g/mol. The molecule has 0 aliphatic carbocycles. The van der Waals surface area contributed by atoms with E-state index in [1.54, 1.807) is 18.2 Å². The predicted molar refractivity (Wildman–Crippen MR) is 166 cm³/mol. The maximum Gasteiger partial charge on any atom is 0.243 e. The first kappa shape index (κ1) is 32.8. The zero-order valence-corrected chi connectivity index (χ0v) is 26.0. The van der Waals surface area contributed by atoms with Crippen molar-refractivity contribution in [2.24, 2.45) is 0 Å². The lowest BCUT2D eigenvalue weighted by Gasteiger charge is -2.33. The summed E-state index contributed by atoms with van der Waals surface area (Å²) in [4.78, 5) is 29.0. The van der Waals surface area contributed by atoms with Gasteiger partial charge in [0.05, 0.1) is 11.9 Å². The van der Waals surface area contributed by atoms with E-state index in [1.807, 2.05) is 76.2 Å². The van der Waals surface area contributed by atoms with Gasteiger partial charge in [-0.05, 0) is 62.4 Å². The lowest BCUT2D eigenvalue weighted by molar-refractivity contribution is -0.141. The Morgan fingerprint density at radius 2 is 1.64 bits per heavy atom. The van der Waals surface area contributed by atoms with E-state index in [1.165, 1.54) is 15.3 Å². The first-order valence-corrected chi connectivity index (χ1v) is 16.2. The van der Waals surface area contributed by atoms with E-state index in [-0.39, 0.29) is 50.2 Å². The number of nitrogens with one attached hydrogen (secondary N) is 1. The molecule has 0 saturated carbocycles. The molecule has 0 aliphatic rings. The number of aryl methyl sites for hydroxylation is 2. The second-order valence-corrected chi connectivity index (χ2v) is 12.8. The fourth-order valence-electron chi connectivity index (χ4n) is 4.78. The number of anilines is 1. The van der Waals surface area contributed by atoms with Crippen LogP contribution in [-0.2, 0) is 32.6 Å². The minimum absolute atomic E-state index is 0.0206. The maximum atomic E-state index is 14.8. The molecule has 0 saturated heterocycles. The Hall–Kier alpha value is -3.72. The van der Waals surface area contributed by atoms with Crippen LogP contribution < -0.4 is 9.62 Å². The van der Waals surface area contributed by atoms with Crippen LogP contribution in [0.5, 0.6) is 0 Å². The molecule has 0 aliphatic heterocycles. The van der Waals surface area contributed by atoms with Gasteiger partial charge in [0.1, 0.15) is 11.9 Å². The molecule has 3 rings (SSSR count). The minimum Gasteiger partial charge on any atom is -0.352 e. The Bertz CT molecular complexity index is 1460. The fourth-order valence-corrected chi connectivity index (χ4v) is 5.79. The van der Waals surface area contributed by atoms with Gasteiger partial charge in [0.25, 0.3) is 0 Å². The summed E-state index contributed by atoms with van der Waals surface area (Å²) in [5.41, 5.74) is 3.47. The van der Waals surface area contributed by atoms with Gasteiger partial charge in [-0.1, -0.05) is 67.6 Å². The summed E-state index contributed by atoms with van der Waals surface area (Å²) in [6.45, 7) is 7.59. The molecule has 0 fully saturated rings. The van der Waals surface area contributed by atoms with E-state index in [0.29, 0.717) is 17.7 Å². The van der Waals surface area contributed by atoms with Crippen molar-refractivity contribution in [2.45, 2.75) is 72.0 Å². The largest absolute Gasteiger partial charge is 0.352 e. The van der Waals surface area contributed by atoms with Gasteiger partial charge in [0.2, 0.25) is 21.8 Å². The average Bonchev–Trinajstić information content (AvgIpc) is 2.95. The van der Waals surface area contributed by atoms with Crippen molar-refractivity contribution in [3.05, 3.63) is 101 Å². The highest BCUT2D eigenvalue weighted by Crippen LogP contribution is 2.25. The topological polar surface area (TPSA) is 86.8 Å². The van der Waals surface area contributed by atoms with Crippen molar-refractivity contribution in [1.82, 2.24) is 10.2 Å². The van der Waals surface area contributed by atoms with E-state index in [2.05, 4.69) is 5.32 Å². The standard InChI is InChI=1S/C33H42FN3O4S/c1-6-26(4)35-33(39)31(22-27-13-8-7-9-14-27)36(23-28-15-10-11-16-29(28)34)32(38)17-12-20-37(42(5,40)41)30-21-24(2)18-19-25(30)3/h7-11,13-16,18-19,21,26,31H,6,12,17,20,22-23H2,1-5H3,(H,35,39)/t26-,31-/m1/s1. The second kappa shape index (κ2) is 15.0. The first-order chi connectivity index (χ1) is 19.9. The van der Waals surface area contributed by atoms with E-state index >= 15 is 0 Å². The Balaban J connectivity index is 1.92. The lowest BCUT2D eigenvalue weighted by atomic mass is 10.0. The van der Waals surface area contributed by atoms with Gasteiger partial charge in [-0.25, -0.2) is 12.8 Å². The van der Waals surface area contributed by atoms with Gasteiger partial charge in [-0.15, -0.1) is 0 Å². The molecule has 2 amide bonds. The summed E-state index contributed by atoms with van der Waals surface area (Å²) in [5.74, 6) is -1.13. The smallest absolute Gasteiger partial charge is 0.243 e. The van der Waals surface area contributed by atoms with Crippen LogP contribution in [0.4, 0.5) is 10.1 Å². The fraction of sp³-hybridized carbons (Fsp3) is 0.394. The predicted octanol–water partition coefficient (Wildman–Crippen LogP) is 5.54. The third kappa shape index (κ3) is 9.14. The van der Waals surface area contributed by atoms with Crippen LogP contribution in [0.25, 0.3) is 0 Å². The SMILES string of the molecule is CC[C@@H](C)NC(=O)[C@@H](Cc1ccccc1)N(Cc1ccccc1F)C(=O)CCCN(c1cc(C)ccc1C)S(C)(=O)=O. The minimum atomic E-state index is -3.62. The van der Waals surface area contributed by atoms with Crippen LogP contribution in [-0.4, -0.2) is 50.0 Å². The normalized spacial score (nSPS) is 12.8. The van der Waals surface area contributed by atoms with Crippen molar-refractivity contribution in [3.63, 3.8) is 0 Å². The molecule has 0 unspecified atom stereocenters. The molecule has 7 nitrogen and oxygen atoms in total. The maximum absolute atomic E-state index is 14.8. The molecule has 0 radical (unpaired) electrons. The Labute approximate surface area is 249 Å². The number of nitrogens with zero attached hydrogens (tertiary/aromatic N) is 2. The number of hydrogen-bond donors (Lipinski definition) is 1.